The van der Waals surface area contributed by atoms with Crippen molar-refractivity contribution in [3.8, 4) is 5.75 Å². The number of carbonyl (C=O) groups excluding carboxylic acids is 2. The van der Waals surface area contributed by atoms with Gasteiger partial charge < -0.3 is 15.7 Å². The van der Waals surface area contributed by atoms with Gasteiger partial charge in [0.15, 0.2) is 0 Å². The van der Waals surface area contributed by atoms with Gasteiger partial charge in [-0.05, 0) is 24.1 Å². The van der Waals surface area contributed by atoms with Gasteiger partial charge in [0, 0.05) is 13.1 Å². The summed E-state index contributed by atoms with van der Waals surface area (Å²) in [7, 11) is 0. The van der Waals surface area contributed by atoms with Crippen LogP contribution in [0, 0.1) is 0 Å². The van der Waals surface area contributed by atoms with Crippen molar-refractivity contribution in [2.24, 2.45) is 0 Å². The maximum atomic E-state index is 11.8. The van der Waals surface area contributed by atoms with Crippen LogP contribution >= 0.6 is 0 Å². The van der Waals surface area contributed by atoms with Gasteiger partial charge in [-0.25, -0.2) is 0 Å². The summed E-state index contributed by atoms with van der Waals surface area (Å²) in [6.45, 7) is 3.09. The second-order valence-corrected chi connectivity index (χ2v) is 9.62. The van der Waals surface area contributed by atoms with Crippen molar-refractivity contribution in [2.75, 3.05) is 6.54 Å². The molecule has 0 radical (unpaired) electrons. The van der Waals surface area contributed by atoms with Gasteiger partial charge >= 0.3 is 11.8 Å². The molecule has 194 valence electrons. The third-order valence-electron chi connectivity index (χ3n) is 6.41. The van der Waals surface area contributed by atoms with Gasteiger partial charge in [0.25, 0.3) is 0 Å². The maximum absolute atomic E-state index is 11.8. The highest BCUT2D eigenvalue weighted by molar-refractivity contribution is 6.35. The van der Waals surface area contributed by atoms with Crippen LogP contribution in [0.25, 0.3) is 0 Å². The van der Waals surface area contributed by atoms with E-state index in [4.69, 9.17) is 0 Å². The van der Waals surface area contributed by atoms with Crippen molar-refractivity contribution in [3.63, 3.8) is 0 Å². The van der Waals surface area contributed by atoms with Crippen LogP contribution in [0.2, 0.25) is 0 Å². The van der Waals surface area contributed by atoms with Crippen LogP contribution in [0.1, 0.15) is 128 Å². The first-order valence-corrected chi connectivity index (χ1v) is 14.0. The molecule has 0 aliphatic heterocycles. The fraction of sp³-hybridized carbons (Fsp3) is 0.724. The summed E-state index contributed by atoms with van der Waals surface area (Å²) in [5, 5.41) is 14.5. The molecule has 0 fully saturated rings. The van der Waals surface area contributed by atoms with Crippen LogP contribution < -0.4 is 10.6 Å². The SMILES string of the molecule is CCCCCCCCCCCCCCCCCCCCNC(=O)C(=O)NCc1ccc(O)cc1. The molecule has 3 N–H and O–H groups in total. The van der Waals surface area contributed by atoms with Crippen molar-refractivity contribution in [1.29, 1.82) is 0 Å². The van der Waals surface area contributed by atoms with Crippen molar-refractivity contribution in [1.82, 2.24) is 10.6 Å². The van der Waals surface area contributed by atoms with Crippen molar-refractivity contribution < 1.29 is 14.7 Å². The summed E-state index contributed by atoms with van der Waals surface area (Å²) in [5.41, 5.74) is 0.836. The van der Waals surface area contributed by atoms with Crippen LogP contribution in [-0.4, -0.2) is 23.5 Å². The van der Waals surface area contributed by atoms with Crippen LogP contribution in [0.5, 0.6) is 5.75 Å². The first kappa shape index (κ1) is 30.0. The first-order chi connectivity index (χ1) is 16.6. The number of carbonyl (C=O) groups is 2. The lowest BCUT2D eigenvalue weighted by Gasteiger charge is -2.07. The van der Waals surface area contributed by atoms with Gasteiger partial charge in [-0.3, -0.25) is 9.59 Å². The Balaban J connectivity index is 1.80. The van der Waals surface area contributed by atoms with Crippen molar-refractivity contribution in [3.05, 3.63) is 29.8 Å². The molecule has 0 saturated carbocycles. The predicted octanol–water partition coefficient (Wildman–Crippen LogP) is 7.17. The Hall–Kier alpha value is -2.04. The van der Waals surface area contributed by atoms with E-state index in [1.54, 1.807) is 24.3 Å². The van der Waals surface area contributed by atoms with E-state index in [-0.39, 0.29) is 12.3 Å². The molecule has 0 aliphatic carbocycles. The molecule has 5 nitrogen and oxygen atoms in total. The van der Waals surface area contributed by atoms with E-state index in [1.807, 2.05) is 0 Å². The summed E-state index contributed by atoms with van der Waals surface area (Å²) < 4.78 is 0. The number of unbranched alkanes of at least 4 members (excludes halogenated alkanes) is 17. The zero-order valence-corrected chi connectivity index (χ0v) is 21.7. The molecule has 0 atom stereocenters. The van der Waals surface area contributed by atoms with Gasteiger partial charge in [0.05, 0.1) is 0 Å². The Morgan fingerprint density at radius 1 is 0.588 bits per heavy atom. The molecule has 0 heterocycles. The smallest absolute Gasteiger partial charge is 0.309 e. The van der Waals surface area contributed by atoms with Crippen molar-refractivity contribution in [2.45, 2.75) is 129 Å². The predicted molar refractivity (Wildman–Crippen MR) is 142 cm³/mol. The van der Waals surface area contributed by atoms with E-state index in [1.165, 1.54) is 103 Å². The van der Waals surface area contributed by atoms with Crippen LogP contribution in [0.15, 0.2) is 24.3 Å². The van der Waals surface area contributed by atoms with Crippen LogP contribution in [-0.2, 0) is 16.1 Å². The van der Waals surface area contributed by atoms with E-state index < -0.39 is 11.8 Å². The number of amides is 2. The number of benzene rings is 1. The molecule has 0 unspecified atom stereocenters. The van der Waals surface area contributed by atoms with Crippen LogP contribution in [0.4, 0.5) is 0 Å². The highest BCUT2D eigenvalue weighted by Gasteiger charge is 2.11. The number of phenols is 1. The topological polar surface area (TPSA) is 78.4 Å². The fourth-order valence-corrected chi connectivity index (χ4v) is 4.19. The summed E-state index contributed by atoms with van der Waals surface area (Å²) in [6.07, 6.45) is 24.0. The van der Waals surface area contributed by atoms with E-state index in [2.05, 4.69) is 17.6 Å². The van der Waals surface area contributed by atoms with Gasteiger partial charge in [0.2, 0.25) is 0 Å². The van der Waals surface area contributed by atoms with Gasteiger partial charge in [0.1, 0.15) is 5.75 Å². The van der Waals surface area contributed by atoms with Crippen LogP contribution in [0.3, 0.4) is 0 Å². The van der Waals surface area contributed by atoms with Gasteiger partial charge in [-0.2, -0.15) is 0 Å². The zero-order valence-electron chi connectivity index (χ0n) is 21.7. The molecule has 0 spiro atoms. The lowest BCUT2D eigenvalue weighted by atomic mass is 10.0. The van der Waals surface area contributed by atoms with Gasteiger partial charge in [-0.15, -0.1) is 0 Å². The first-order valence-electron chi connectivity index (χ1n) is 14.0. The lowest BCUT2D eigenvalue weighted by molar-refractivity contribution is -0.139. The largest absolute Gasteiger partial charge is 0.508 e. The number of phenolic OH excluding ortho intramolecular Hbond substituents is 1. The second kappa shape index (κ2) is 21.5. The minimum Gasteiger partial charge on any atom is -0.508 e. The number of hydrogen-bond acceptors (Lipinski definition) is 3. The highest BCUT2D eigenvalue weighted by atomic mass is 16.3. The van der Waals surface area contributed by atoms with E-state index >= 15 is 0 Å². The normalized spacial score (nSPS) is 10.9. The molecular weight excluding hydrogens is 424 g/mol. The monoisotopic (exact) mass is 474 g/mol. The summed E-state index contributed by atoms with van der Waals surface area (Å²) in [5.74, 6) is -1.02. The maximum Gasteiger partial charge on any atom is 0.309 e. The second-order valence-electron chi connectivity index (χ2n) is 9.62. The third kappa shape index (κ3) is 17.4. The molecule has 5 heteroatoms. The summed E-state index contributed by atoms with van der Waals surface area (Å²) in [4.78, 5) is 23.7. The Morgan fingerprint density at radius 3 is 1.41 bits per heavy atom. The molecule has 1 aromatic rings. The highest BCUT2D eigenvalue weighted by Crippen LogP contribution is 2.14. The molecule has 0 saturated heterocycles. The molecular formula is C29H50N2O3. The Morgan fingerprint density at radius 2 is 0.971 bits per heavy atom. The Labute approximate surface area is 208 Å². The lowest BCUT2D eigenvalue weighted by Crippen LogP contribution is -2.39. The zero-order chi connectivity index (χ0) is 24.7. The quantitative estimate of drug-likeness (QED) is 0.131. The molecule has 0 aliphatic rings. The number of aromatic hydroxyl groups is 1. The number of nitrogens with one attached hydrogen (secondary N) is 2. The Kier molecular flexibility index (Phi) is 19.0. The summed E-state index contributed by atoms with van der Waals surface area (Å²) >= 11 is 0. The van der Waals surface area contributed by atoms with E-state index in [0.717, 1.165) is 18.4 Å². The Bertz CT molecular complexity index is 631. The molecule has 0 aromatic heterocycles. The third-order valence-corrected chi connectivity index (χ3v) is 6.41. The number of rotatable bonds is 21. The average molecular weight is 475 g/mol. The van der Waals surface area contributed by atoms with E-state index in [9.17, 15) is 14.7 Å². The van der Waals surface area contributed by atoms with E-state index in [0.29, 0.717) is 6.54 Å². The number of hydrogen-bond donors (Lipinski definition) is 3. The molecule has 1 aromatic carbocycles. The molecule has 2 amide bonds. The molecule has 0 bridgehead atoms. The fourth-order valence-electron chi connectivity index (χ4n) is 4.19. The minimum atomic E-state index is -0.615. The molecule has 1 rings (SSSR count). The standard InChI is InChI=1S/C29H50N2O3/c1-2-3-4-5-6-7-8-9-10-11-12-13-14-15-16-17-18-19-24-30-28(33)29(34)31-25-26-20-22-27(32)23-21-26/h20-23,32H,2-19,24-25H2,1H3,(H,30,33)(H,31,34). The van der Waals surface area contributed by atoms with Crippen molar-refractivity contribution >= 4 is 11.8 Å². The minimum absolute atomic E-state index is 0.178. The van der Waals surface area contributed by atoms with Gasteiger partial charge in [-0.1, -0.05) is 128 Å². The average Bonchev–Trinajstić information content (AvgIpc) is 2.84. The summed E-state index contributed by atoms with van der Waals surface area (Å²) in [6, 6.07) is 6.54. The molecule has 34 heavy (non-hydrogen) atoms.